The number of ketones is 9. The van der Waals surface area contributed by atoms with Crippen LogP contribution in [0.4, 0.5) is 4.39 Å². The quantitative estimate of drug-likeness (QED) is 0.257. The van der Waals surface area contributed by atoms with Gasteiger partial charge in [-0.3, -0.25) is 28.8 Å². The Bertz CT molecular complexity index is 845. The van der Waals surface area contributed by atoms with Crippen molar-refractivity contribution in [3.8, 4) is 0 Å². The molecular formula is C39H73FO10. The Hall–Kier alpha value is -3.08. The molecule has 0 aromatic heterocycles. The normalized spacial score (nSPS) is 11.8. The molecule has 50 heavy (non-hydrogen) atoms. The molecule has 0 aliphatic heterocycles. The van der Waals surface area contributed by atoms with Crippen molar-refractivity contribution in [3.05, 3.63) is 0 Å². The van der Waals surface area contributed by atoms with Crippen LogP contribution in [0.2, 0.25) is 0 Å². The lowest BCUT2D eigenvalue weighted by atomic mass is 10.00. The lowest BCUT2D eigenvalue weighted by Gasteiger charge is -2.05. The van der Waals surface area contributed by atoms with Crippen LogP contribution in [0.5, 0.6) is 0 Å². The van der Waals surface area contributed by atoms with Crippen molar-refractivity contribution in [1.82, 2.24) is 0 Å². The number of hydrogen-bond donors (Lipinski definition) is 1. The molecule has 296 valence electrons. The Labute approximate surface area is 303 Å². The Balaban J connectivity index is -0.0000000836. The zero-order chi connectivity index (χ0) is 41.1. The first-order valence-corrected chi connectivity index (χ1v) is 17.7. The maximum Gasteiger partial charge on any atom is 0.160 e. The third-order valence-electron chi connectivity index (χ3n) is 5.68. The van der Waals surface area contributed by atoms with Crippen LogP contribution in [0.3, 0.4) is 0 Å². The van der Waals surface area contributed by atoms with Gasteiger partial charge in [0.05, 0.1) is 0 Å². The van der Waals surface area contributed by atoms with E-state index in [1.54, 1.807) is 20.8 Å². The zero-order valence-electron chi connectivity index (χ0n) is 33.9. The number of hydrogen-bond acceptors (Lipinski definition) is 10. The largest absolute Gasteiger partial charge is 0.389 e. The number of alkyl halides is 1. The van der Waals surface area contributed by atoms with Gasteiger partial charge < -0.3 is 19.5 Å². The molecule has 10 nitrogen and oxygen atoms in total. The van der Waals surface area contributed by atoms with Gasteiger partial charge in [0.1, 0.15) is 53.8 Å². The van der Waals surface area contributed by atoms with Gasteiger partial charge in [-0.05, 0) is 80.6 Å². The fourth-order valence-corrected chi connectivity index (χ4v) is 2.32. The van der Waals surface area contributed by atoms with E-state index >= 15 is 0 Å². The first-order valence-electron chi connectivity index (χ1n) is 17.7. The van der Waals surface area contributed by atoms with Gasteiger partial charge in [0.25, 0.3) is 0 Å². The van der Waals surface area contributed by atoms with Crippen molar-refractivity contribution in [2.75, 3.05) is 13.3 Å². The summed E-state index contributed by atoms with van der Waals surface area (Å²) in [5, 5.41) is 7.79. The predicted molar refractivity (Wildman–Crippen MR) is 200 cm³/mol. The summed E-state index contributed by atoms with van der Waals surface area (Å²) in [6.07, 6.45) is 13.0. The molecule has 0 aromatic rings. The summed E-state index contributed by atoms with van der Waals surface area (Å²) in [7, 11) is 0. The van der Waals surface area contributed by atoms with Gasteiger partial charge in [-0.2, -0.15) is 0 Å². The molecule has 0 heterocycles. The standard InChI is InChI=1S/C6H10O.C5H8O.3C5H10O.C4H8O.C3H5FO.C3H6O2.C3H6O/c7-6-4-2-1-3-5-6;6-5-3-1-2-4-5;1-4(2)5(3)6;1-3-4-5(2)6;1-3-5(6)4-2;1-3-4(2)5;2*1-3(5)2-4;1-3(2)4/h1-5H2;1-4H2;4H,1-3H3;2*3-4H2,1-2H3;3H2,1-2H3;2H2,1H3;4H,2H2,1H3;1-2H3. The van der Waals surface area contributed by atoms with Gasteiger partial charge in [0.2, 0.25) is 0 Å². The summed E-state index contributed by atoms with van der Waals surface area (Å²) >= 11 is 0. The third kappa shape index (κ3) is 104. The monoisotopic (exact) mass is 721 g/mol. The number of aliphatic hydroxyl groups is 1. The lowest BCUT2D eigenvalue weighted by Crippen LogP contribution is -2.02. The molecule has 2 aliphatic rings. The highest BCUT2D eigenvalue weighted by Gasteiger charge is 2.07. The van der Waals surface area contributed by atoms with Crippen LogP contribution in [0.1, 0.15) is 180 Å². The van der Waals surface area contributed by atoms with E-state index in [9.17, 15) is 47.5 Å². The van der Waals surface area contributed by atoms with Crippen LogP contribution in [0.25, 0.3) is 0 Å². The molecule has 0 saturated heterocycles. The second kappa shape index (κ2) is 50.3. The number of aliphatic hydroxyl groups excluding tert-OH is 1. The molecule has 11 heteroatoms. The van der Waals surface area contributed by atoms with Gasteiger partial charge in [0, 0.05) is 57.3 Å². The summed E-state index contributed by atoms with van der Waals surface area (Å²) in [6, 6.07) is 0. The number of carbonyl (C=O) groups excluding carboxylic acids is 9. The van der Waals surface area contributed by atoms with Crippen LogP contribution < -0.4 is 0 Å². The first-order chi connectivity index (χ1) is 23.1. The van der Waals surface area contributed by atoms with E-state index in [4.69, 9.17) is 5.11 Å². The smallest absolute Gasteiger partial charge is 0.160 e. The van der Waals surface area contributed by atoms with Crippen molar-refractivity contribution >= 4 is 52.0 Å². The molecule has 0 amide bonds. The molecule has 0 unspecified atom stereocenters. The minimum atomic E-state index is -0.833. The summed E-state index contributed by atoms with van der Waals surface area (Å²) in [5.41, 5.74) is 0. The molecule has 1 N–H and O–H groups in total. The molecule has 2 rings (SSSR count). The van der Waals surface area contributed by atoms with Crippen LogP contribution in [-0.2, 0) is 43.2 Å². The molecule has 0 bridgehead atoms. The fraction of sp³-hybridized carbons (Fsp3) is 0.769. The van der Waals surface area contributed by atoms with E-state index in [2.05, 4.69) is 0 Å². The molecule has 0 atom stereocenters. The van der Waals surface area contributed by atoms with Gasteiger partial charge in [-0.1, -0.05) is 48.0 Å². The summed E-state index contributed by atoms with van der Waals surface area (Å²) in [6.45, 7) is 20.6. The second-order valence-electron chi connectivity index (χ2n) is 12.0. The Morgan fingerprint density at radius 3 is 0.900 bits per heavy atom. The zero-order valence-corrected chi connectivity index (χ0v) is 33.9. The average Bonchev–Trinajstić information content (AvgIpc) is 3.53. The lowest BCUT2D eigenvalue weighted by molar-refractivity contribution is -0.120. The van der Waals surface area contributed by atoms with Gasteiger partial charge in [-0.25, -0.2) is 4.39 Å². The molecule has 0 aromatic carbocycles. The maximum absolute atomic E-state index is 10.8. The van der Waals surface area contributed by atoms with Crippen molar-refractivity contribution in [3.63, 3.8) is 0 Å². The van der Waals surface area contributed by atoms with Crippen LogP contribution >= 0.6 is 0 Å². The predicted octanol–water partition coefficient (Wildman–Crippen LogP) is 8.32. The van der Waals surface area contributed by atoms with E-state index in [1.807, 2.05) is 41.5 Å². The third-order valence-corrected chi connectivity index (χ3v) is 5.68. The van der Waals surface area contributed by atoms with Crippen molar-refractivity contribution in [1.29, 1.82) is 0 Å². The van der Waals surface area contributed by atoms with Crippen LogP contribution in [0.15, 0.2) is 0 Å². The average molecular weight is 721 g/mol. The highest BCUT2D eigenvalue weighted by atomic mass is 19.1. The topological polar surface area (TPSA) is 174 Å². The van der Waals surface area contributed by atoms with Crippen molar-refractivity contribution in [2.45, 2.75) is 180 Å². The van der Waals surface area contributed by atoms with E-state index in [0.29, 0.717) is 36.6 Å². The number of carbonyl (C=O) groups is 9. The first kappa shape index (κ1) is 62.1. The van der Waals surface area contributed by atoms with Gasteiger partial charge >= 0.3 is 0 Å². The van der Waals surface area contributed by atoms with E-state index in [1.165, 1.54) is 34.1 Å². The van der Waals surface area contributed by atoms with E-state index < -0.39 is 12.5 Å². The van der Waals surface area contributed by atoms with Crippen molar-refractivity contribution in [2.24, 2.45) is 5.92 Å². The Morgan fingerprint density at radius 1 is 0.580 bits per heavy atom. The maximum atomic E-state index is 10.8. The minimum absolute atomic E-state index is 0.167. The molecule has 2 saturated carbocycles. The van der Waals surface area contributed by atoms with Crippen LogP contribution in [-0.4, -0.2) is 70.4 Å². The highest BCUT2D eigenvalue weighted by Crippen LogP contribution is 2.12. The molecule has 0 spiro atoms. The Morgan fingerprint density at radius 2 is 0.840 bits per heavy atom. The van der Waals surface area contributed by atoms with Gasteiger partial charge in [0.15, 0.2) is 11.6 Å². The van der Waals surface area contributed by atoms with E-state index in [-0.39, 0.29) is 41.4 Å². The summed E-state index contributed by atoms with van der Waals surface area (Å²) in [5.74, 6) is 1.84. The Kier molecular flexibility index (Phi) is 62.5. The summed E-state index contributed by atoms with van der Waals surface area (Å²) < 4.78 is 10.8. The molecule has 2 aliphatic carbocycles. The van der Waals surface area contributed by atoms with Gasteiger partial charge in [-0.15, -0.1) is 0 Å². The summed E-state index contributed by atoms with van der Waals surface area (Å²) in [4.78, 5) is 89.3. The minimum Gasteiger partial charge on any atom is -0.389 e. The fourth-order valence-electron chi connectivity index (χ4n) is 2.32. The highest BCUT2D eigenvalue weighted by molar-refractivity contribution is 5.80. The second-order valence-corrected chi connectivity index (χ2v) is 12.0. The molecule has 0 radical (unpaired) electrons. The molecule has 2 fully saturated rings. The van der Waals surface area contributed by atoms with E-state index in [0.717, 1.165) is 64.2 Å². The number of halogens is 1. The van der Waals surface area contributed by atoms with Crippen molar-refractivity contribution < 1.29 is 52.6 Å². The number of rotatable bonds is 8. The van der Waals surface area contributed by atoms with Crippen LogP contribution in [0, 0.1) is 5.92 Å². The SMILES string of the molecule is CC(=O)C(C)C.CC(=O)CF.CC(=O)CO.CC(C)=O.CCC(=O)CC.CCC(C)=O.CCCC(C)=O.O=C1CCCC1.O=C1CCCCC1. The molecular weight excluding hydrogens is 647 g/mol. The number of Topliss-reactive ketones (excluding diaryl/α,β-unsaturated/α-hetero) is 9.